The monoisotopic (exact) mass is 492 g/mol. The lowest BCUT2D eigenvalue weighted by atomic mass is 9.92. The van der Waals surface area contributed by atoms with Crippen molar-refractivity contribution in [1.82, 2.24) is 20.1 Å². The lowest BCUT2D eigenvalue weighted by molar-refractivity contribution is 0.0958. The van der Waals surface area contributed by atoms with Crippen molar-refractivity contribution in [3.05, 3.63) is 107 Å². The van der Waals surface area contributed by atoms with E-state index in [1.54, 1.807) is 0 Å². The van der Waals surface area contributed by atoms with Crippen molar-refractivity contribution in [3.8, 4) is 5.75 Å². The number of fused-ring (bicyclic) bond motifs is 3. The normalized spacial score (nSPS) is 17.6. The van der Waals surface area contributed by atoms with Gasteiger partial charge in [-0.1, -0.05) is 54.6 Å². The highest BCUT2D eigenvalue weighted by Gasteiger charge is 2.31. The molecule has 3 aromatic carbocycles. The molecule has 1 aliphatic heterocycles. The summed E-state index contributed by atoms with van der Waals surface area (Å²) < 4.78 is 6.28. The van der Waals surface area contributed by atoms with E-state index >= 15 is 0 Å². The van der Waals surface area contributed by atoms with Crippen LogP contribution in [0.15, 0.2) is 85.1 Å². The average Bonchev–Trinajstić information content (AvgIpc) is 3.13. The summed E-state index contributed by atoms with van der Waals surface area (Å²) in [5.41, 5.74) is 6.96. The number of hydrogen-bond donors (Lipinski definition) is 1. The van der Waals surface area contributed by atoms with E-state index in [-0.39, 0.29) is 6.04 Å². The minimum Gasteiger partial charge on any atom is -0.491 e. The molecule has 1 N–H and O–H groups in total. The number of hydrogen-bond acceptors (Lipinski definition) is 5. The number of aryl methyl sites for hydroxylation is 2. The van der Waals surface area contributed by atoms with Crippen LogP contribution in [0.3, 0.4) is 0 Å². The Kier molecular flexibility index (Phi) is 7.18. The number of piperazine rings is 1. The van der Waals surface area contributed by atoms with Crippen molar-refractivity contribution in [2.75, 3.05) is 46.4 Å². The summed E-state index contributed by atoms with van der Waals surface area (Å²) in [5.74, 6) is 0.904. The number of likely N-dealkylation sites (N-methyl/N-ethyl adjacent to an activating group) is 1. The van der Waals surface area contributed by atoms with Crippen molar-refractivity contribution in [2.24, 2.45) is 0 Å². The fraction of sp³-hybridized carbons (Fsp3) is 0.344. The van der Waals surface area contributed by atoms with Crippen LogP contribution < -0.4 is 10.1 Å². The predicted octanol–water partition coefficient (Wildman–Crippen LogP) is 4.71. The summed E-state index contributed by atoms with van der Waals surface area (Å²) in [6.07, 6.45) is 4.08. The van der Waals surface area contributed by atoms with Gasteiger partial charge in [0, 0.05) is 44.3 Å². The Bertz CT molecular complexity index is 1290. The first-order valence-electron chi connectivity index (χ1n) is 13.6. The third-order valence-corrected chi connectivity index (χ3v) is 8.07. The minimum atomic E-state index is 0.262. The molecule has 2 aliphatic rings. The highest BCUT2D eigenvalue weighted by molar-refractivity contribution is 5.84. The van der Waals surface area contributed by atoms with Gasteiger partial charge in [0.05, 0.1) is 17.6 Å². The Labute approximate surface area is 220 Å². The first kappa shape index (κ1) is 24.1. The van der Waals surface area contributed by atoms with Crippen LogP contribution in [-0.2, 0) is 12.8 Å². The summed E-state index contributed by atoms with van der Waals surface area (Å²) in [7, 11) is 2.04. The smallest absolute Gasteiger partial charge is 0.128 e. The first-order valence-corrected chi connectivity index (χ1v) is 13.6. The molecule has 1 aliphatic carbocycles. The van der Waals surface area contributed by atoms with Crippen LogP contribution in [0, 0.1) is 0 Å². The Morgan fingerprint density at radius 1 is 0.838 bits per heavy atom. The molecule has 1 fully saturated rings. The SMILES string of the molecule is CNC(COc1cccc2ncccc12)CN1CCN(C2c3ccccc3CCc3ccccc32)CC1. The van der Waals surface area contributed by atoms with Crippen LogP contribution in [0.2, 0.25) is 0 Å². The summed E-state index contributed by atoms with van der Waals surface area (Å²) in [6, 6.07) is 28.9. The molecule has 6 rings (SSSR count). The number of rotatable bonds is 7. The molecule has 5 nitrogen and oxygen atoms in total. The lowest BCUT2D eigenvalue weighted by Gasteiger charge is -2.41. The third kappa shape index (κ3) is 5.12. The van der Waals surface area contributed by atoms with E-state index in [0.717, 1.165) is 62.2 Å². The Hall–Kier alpha value is -3.25. The third-order valence-electron chi connectivity index (χ3n) is 8.07. The summed E-state index contributed by atoms with van der Waals surface area (Å²) in [5, 5.41) is 4.55. The van der Waals surface area contributed by atoms with Gasteiger partial charge in [0.1, 0.15) is 12.4 Å². The zero-order valence-electron chi connectivity index (χ0n) is 21.6. The van der Waals surface area contributed by atoms with Crippen LogP contribution in [0.4, 0.5) is 0 Å². The van der Waals surface area contributed by atoms with E-state index in [2.05, 4.69) is 74.7 Å². The summed E-state index contributed by atoms with van der Waals surface area (Å²) >= 11 is 0. The van der Waals surface area contributed by atoms with Crippen molar-refractivity contribution >= 4 is 10.9 Å². The molecule has 37 heavy (non-hydrogen) atoms. The average molecular weight is 493 g/mol. The van der Waals surface area contributed by atoms with Crippen LogP contribution in [0.5, 0.6) is 5.75 Å². The second-order valence-electron chi connectivity index (χ2n) is 10.3. The van der Waals surface area contributed by atoms with E-state index in [9.17, 15) is 0 Å². The van der Waals surface area contributed by atoms with Crippen molar-refractivity contribution < 1.29 is 4.74 Å². The van der Waals surface area contributed by atoms with E-state index in [1.807, 2.05) is 37.5 Å². The Morgan fingerprint density at radius 3 is 2.24 bits per heavy atom. The molecule has 4 aromatic rings. The van der Waals surface area contributed by atoms with Gasteiger partial charge in [0.2, 0.25) is 0 Å². The Balaban J connectivity index is 1.11. The maximum atomic E-state index is 6.28. The zero-order valence-corrected chi connectivity index (χ0v) is 21.6. The molecule has 1 atom stereocenters. The van der Waals surface area contributed by atoms with Gasteiger partial charge in [-0.05, 0) is 66.4 Å². The van der Waals surface area contributed by atoms with Crippen LogP contribution >= 0.6 is 0 Å². The van der Waals surface area contributed by atoms with Gasteiger partial charge < -0.3 is 10.1 Å². The number of ether oxygens (including phenoxy) is 1. The molecule has 0 saturated carbocycles. The number of benzene rings is 3. The number of pyridine rings is 1. The molecule has 0 spiro atoms. The maximum absolute atomic E-state index is 6.28. The van der Waals surface area contributed by atoms with Crippen molar-refractivity contribution in [2.45, 2.75) is 24.9 Å². The lowest BCUT2D eigenvalue weighted by Crippen LogP contribution is -2.52. The fourth-order valence-corrected chi connectivity index (χ4v) is 6.02. The highest BCUT2D eigenvalue weighted by Crippen LogP contribution is 2.37. The highest BCUT2D eigenvalue weighted by atomic mass is 16.5. The van der Waals surface area contributed by atoms with Gasteiger partial charge in [0.25, 0.3) is 0 Å². The molecule has 0 amide bonds. The second-order valence-corrected chi connectivity index (χ2v) is 10.3. The van der Waals surface area contributed by atoms with Gasteiger partial charge in [-0.25, -0.2) is 0 Å². The van der Waals surface area contributed by atoms with Gasteiger partial charge in [-0.15, -0.1) is 0 Å². The second kappa shape index (κ2) is 11.0. The number of nitrogens with one attached hydrogen (secondary N) is 1. The molecule has 190 valence electrons. The minimum absolute atomic E-state index is 0.262. The summed E-state index contributed by atoms with van der Waals surface area (Å²) in [4.78, 5) is 9.74. The molecule has 1 unspecified atom stereocenters. The number of nitrogens with zero attached hydrogens (tertiary/aromatic N) is 3. The van der Waals surface area contributed by atoms with E-state index < -0.39 is 0 Å². The molecule has 1 aromatic heterocycles. The molecule has 5 heteroatoms. The maximum Gasteiger partial charge on any atom is 0.128 e. The van der Waals surface area contributed by atoms with Gasteiger partial charge in [0.15, 0.2) is 0 Å². The van der Waals surface area contributed by atoms with Gasteiger partial charge in [-0.3, -0.25) is 14.8 Å². The van der Waals surface area contributed by atoms with Crippen LogP contribution in [0.1, 0.15) is 28.3 Å². The van der Waals surface area contributed by atoms with E-state index in [1.165, 1.54) is 22.3 Å². The standard InChI is InChI=1S/C32H36N4O/c1-33-26(23-37-31-14-6-13-30-29(31)12-7-17-34-30)22-35-18-20-36(21-19-35)32-27-10-4-2-8-24(27)15-16-25-9-3-5-11-28(25)32/h2-14,17,26,32-33H,15-16,18-23H2,1H3. The van der Waals surface area contributed by atoms with Crippen LogP contribution in [-0.4, -0.2) is 67.2 Å². The molecular weight excluding hydrogens is 456 g/mol. The van der Waals surface area contributed by atoms with Crippen molar-refractivity contribution in [3.63, 3.8) is 0 Å². The van der Waals surface area contributed by atoms with E-state index in [0.29, 0.717) is 12.6 Å². The number of aromatic nitrogens is 1. The molecule has 0 bridgehead atoms. The molecular formula is C32H36N4O. The topological polar surface area (TPSA) is 40.6 Å². The molecule has 1 saturated heterocycles. The fourth-order valence-electron chi connectivity index (χ4n) is 6.02. The van der Waals surface area contributed by atoms with Gasteiger partial charge in [-0.2, -0.15) is 0 Å². The summed E-state index contributed by atoms with van der Waals surface area (Å²) in [6.45, 7) is 5.88. The van der Waals surface area contributed by atoms with Crippen LogP contribution in [0.25, 0.3) is 10.9 Å². The largest absolute Gasteiger partial charge is 0.491 e. The first-order chi connectivity index (χ1) is 18.3. The molecule has 0 radical (unpaired) electrons. The van der Waals surface area contributed by atoms with Crippen molar-refractivity contribution in [1.29, 1.82) is 0 Å². The quantitative estimate of drug-likeness (QED) is 0.405. The predicted molar refractivity (Wildman–Crippen MR) is 150 cm³/mol. The van der Waals surface area contributed by atoms with E-state index in [4.69, 9.17) is 4.74 Å². The van der Waals surface area contributed by atoms with Gasteiger partial charge >= 0.3 is 0 Å². The zero-order chi connectivity index (χ0) is 25.0. The molecule has 2 heterocycles. The Morgan fingerprint density at radius 2 is 1.54 bits per heavy atom.